The summed E-state index contributed by atoms with van der Waals surface area (Å²) in [6.45, 7) is 9.27. The van der Waals surface area contributed by atoms with Gasteiger partial charge in [-0.3, -0.25) is 14.8 Å². The molecule has 1 aliphatic rings. The molecule has 0 aliphatic heterocycles. The minimum absolute atomic E-state index is 0.0263. The highest BCUT2D eigenvalue weighted by Crippen LogP contribution is 2.48. The molecular weight excluding hydrogens is 506 g/mol. The number of rotatable bonds is 6. The fraction of sp³-hybridized carbons (Fsp3) is 0.310. The van der Waals surface area contributed by atoms with Gasteiger partial charge in [0.25, 0.3) is 5.91 Å². The summed E-state index contributed by atoms with van der Waals surface area (Å²) < 4.78 is 7.27. The molecule has 1 aliphatic carbocycles. The van der Waals surface area contributed by atoms with Crippen LogP contribution in [-0.4, -0.2) is 16.9 Å². The molecule has 1 amide bonds. The smallest absolute Gasteiger partial charge is 0.274 e. The molecule has 6 heteroatoms. The molecule has 0 fully saturated rings. The number of carbonyl (C=O) groups excluding carboxylic acids is 2. The molecule has 0 bridgehead atoms. The summed E-state index contributed by atoms with van der Waals surface area (Å²) in [4.78, 5) is 25.4. The number of ketones is 1. The van der Waals surface area contributed by atoms with Crippen molar-refractivity contribution in [2.45, 2.75) is 58.0 Å². The summed E-state index contributed by atoms with van der Waals surface area (Å²) in [5, 5.41) is 8.87. The lowest BCUT2D eigenvalue weighted by Crippen LogP contribution is -2.34. The first-order valence-corrected chi connectivity index (χ1v) is 12.5. The Morgan fingerprint density at radius 2 is 1.43 bits per heavy atom. The second-order valence-corrected chi connectivity index (χ2v) is 11.3. The third-order valence-corrected chi connectivity index (χ3v) is 7.54. The molecule has 3 aromatic carbocycles. The van der Waals surface area contributed by atoms with Crippen LogP contribution in [0.15, 0.2) is 65.1 Å². The highest BCUT2D eigenvalue weighted by molar-refractivity contribution is 9.10. The quantitative estimate of drug-likeness (QED) is 0.208. The van der Waals surface area contributed by atoms with E-state index in [2.05, 4.69) is 49.7 Å². The largest absolute Gasteiger partial charge is 0.488 e. The third kappa shape index (κ3) is 5.19. The molecule has 0 radical (unpaired) electrons. The number of ether oxygens (including phenoxy) is 1. The van der Waals surface area contributed by atoms with Gasteiger partial charge in [-0.25, -0.2) is 5.48 Å². The molecular formula is C29H30BrNO4. The van der Waals surface area contributed by atoms with E-state index in [1.165, 1.54) is 23.3 Å². The number of hydrogen-bond acceptors (Lipinski definition) is 4. The zero-order chi connectivity index (χ0) is 25.4. The number of benzene rings is 3. The molecule has 35 heavy (non-hydrogen) atoms. The Morgan fingerprint density at radius 3 is 2.00 bits per heavy atom. The van der Waals surface area contributed by atoms with Crippen LogP contribution in [0.5, 0.6) is 5.75 Å². The molecule has 182 valence electrons. The fourth-order valence-corrected chi connectivity index (χ4v) is 4.89. The monoisotopic (exact) mass is 535 g/mol. The first-order chi connectivity index (χ1) is 16.5. The van der Waals surface area contributed by atoms with Crippen LogP contribution in [0.3, 0.4) is 0 Å². The minimum Gasteiger partial charge on any atom is -0.488 e. The van der Waals surface area contributed by atoms with Gasteiger partial charge in [-0.1, -0.05) is 67.9 Å². The summed E-state index contributed by atoms with van der Waals surface area (Å²) in [6, 6.07) is 18.2. The SMILES string of the molecule is CC1(C)CCC(C)(C)c2cc(C(=O)c3ccc(C(=O)NO)cc3)c(OCc3ccc(Br)cc3)cc21. The van der Waals surface area contributed by atoms with E-state index in [9.17, 15) is 9.59 Å². The van der Waals surface area contributed by atoms with Crippen molar-refractivity contribution in [1.82, 2.24) is 5.48 Å². The van der Waals surface area contributed by atoms with E-state index in [-0.39, 0.29) is 22.2 Å². The van der Waals surface area contributed by atoms with E-state index in [0.717, 1.165) is 22.9 Å². The third-order valence-electron chi connectivity index (χ3n) is 7.02. The molecule has 0 aromatic heterocycles. The first kappa shape index (κ1) is 25.1. The van der Waals surface area contributed by atoms with Gasteiger partial charge in [0.15, 0.2) is 5.78 Å². The average molecular weight is 536 g/mol. The second-order valence-electron chi connectivity index (χ2n) is 10.4. The van der Waals surface area contributed by atoms with Crippen molar-refractivity contribution < 1.29 is 19.5 Å². The summed E-state index contributed by atoms with van der Waals surface area (Å²) in [6.07, 6.45) is 2.09. The average Bonchev–Trinajstić information content (AvgIpc) is 2.85. The van der Waals surface area contributed by atoms with Gasteiger partial charge >= 0.3 is 0 Å². The summed E-state index contributed by atoms with van der Waals surface area (Å²) in [7, 11) is 0. The molecule has 0 saturated heterocycles. The Labute approximate surface area is 214 Å². The Morgan fingerprint density at radius 1 is 0.886 bits per heavy atom. The van der Waals surface area contributed by atoms with Crippen LogP contribution in [-0.2, 0) is 17.4 Å². The Hall–Kier alpha value is -2.96. The fourth-order valence-electron chi connectivity index (χ4n) is 4.63. The molecule has 2 N–H and O–H groups in total. The molecule has 0 heterocycles. The summed E-state index contributed by atoms with van der Waals surface area (Å²) in [5.74, 6) is -0.242. The molecule has 3 aromatic rings. The Balaban J connectivity index is 1.78. The van der Waals surface area contributed by atoms with Gasteiger partial charge < -0.3 is 4.74 Å². The summed E-state index contributed by atoms with van der Waals surface area (Å²) >= 11 is 3.46. The van der Waals surface area contributed by atoms with Crippen molar-refractivity contribution in [2.24, 2.45) is 0 Å². The van der Waals surface area contributed by atoms with Gasteiger partial charge in [0.1, 0.15) is 12.4 Å². The number of fused-ring (bicyclic) bond motifs is 1. The standard InChI is InChI=1S/C29H30BrNO4/c1-28(2)13-14-29(3,4)24-16-25(35-17-18-5-11-21(30)12-6-18)22(15-23(24)28)26(32)19-7-9-20(10-8-19)27(33)31-34/h5-12,15-16,34H,13-14,17H2,1-4H3,(H,31,33). The van der Waals surface area contributed by atoms with Crippen molar-refractivity contribution in [3.05, 3.63) is 98.5 Å². The van der Waals surface area contributed by atoms with E-state index in [1.807, 2.05) is 30.3 Å². The van der Waals surface area contributed by atoms with Gasteiger partial charge in [-0.2, -0.15) is 0 Å². The van der Waals surface area contributed by atoms with Crippen molar-refractivity contribution in [2.75, 3.05) is 0 Å². The minimum atomic E-state index is -0.625. The summed E-state index contributed by atoms with van der Waals surface area (Å²) in [5.41, 5.74) is 6.13. The second kappa shape index (κ2) is 9.59. The van der Waals surface area contributed by atoms with Crippen LogP contribution in [0.1, 0.15) is 83.5 Å². The van der Waals surface area contributed by atoms with E-state index in [4.69, 9.17) is 9.94 Å². The lowest BCUT2D eigenvalue weighted by Gasteiger charge is -2.42. The molecule has 0 atom stereocenters. The predicted octanol–water partition coefficient (Wildman–Crippen LogP) is 6.73. The van der Waals surface area contributed by atoms with E-state index in [0.29, 0.717) is 23.5 Å². The number of amides is 1. The highest BCUT2D eigenvalue weighted by Gasteiger charge is 2.38. The zero-order valence-corrected chi connectivity index (χ0v) is 22.0. The van der Waals surface area contributed by atoms with Gasteiger partial charge in [0, 0.05) is 15.6 Å². The lowest BCUT2D eigenvalue weighted by atomic mass is 9.62. The zero-order valence-electron chi connectivity index (χ0n) is 20.4. The number of halogens is 1. The number of nitrogens with one attached hydrogen (secondary N) is 1. The van der Waals surface area contributed by atoms with Crippen molar-refractivity contribution in [3.63, 3.8) is 0 Å². The maximum Gasteiger partial charge on any atom is 0.274 e. The maximum absolute atomic E-state index is 13.7. The van der Waals surface area contributed by atoms with Crippen molar-refractivity contribution in [1.29, 1.82) is 0 Å². The van der Waals surface area contributed by atoms with Crippen molar-refractivity contribution in [3.8, 4) is 5.75 Å². The molecule has 0 unspecified atom stereocenters. The van der Waals surface area contributed by atoms with Crippen molar-refractivity contribution >= 4 is 27.6 Å². The van der Waals surface area contributed by atoms with Crippen LogP contribution in [0.2, 0.25) is 0 Å². The van der Waals surface area contributed by atoms with E-state index in [1.54, 1.807) is 17.6 Å². The normalized spacial score (nSPS) is 15.7. The lowest BCUT2D eigenvalue weighted by molar-refractivity contribution is 0.0706. The predicted molar refractivity (Wildman–Crippen MR) is 139 cm³/mol. The van der Waals surface area contributed by atoms with Gasteiger partial charge in [-0.15, -0.1) is 0 Å². The van der Waals surface area contributed by atoms with Gasteiger partial charge in [0.05, 0.1) is 5.56 Å². The van der Waals surface area contributed by atoms with E-state index < -0.39 is 5.91 Å². The van der Waals surface area contributed by atoms with Crippen LogP contribution in [0.25, 0.3) is 0 Å². The van der Waals surface area contributed by atoms with Crippen LogP contribution in [0, 0.1) is 0 Å². The molecule has 4 rings (SSSR count). The van der Waals surface area contributed by atoms with Crippen LogP contribution in [0.4, 0.5) is 0 Å². The van der Waals surface area contributed by atoms with Gasteiger partial charge in [0.2, 0.25) is 0 Å². The Kier molecular flexibility index (Phi) is 6.89. The number of carbonyl (C=O) groups is 2. The van der Waals surface area contributed by atoms with Crippen LogP contribution >= 0.6 is 15.9 Å². The topological polar surface area (TPSA) is 75.6 Å². The molecule has 0 saturated carbocycles. The number of hydrogen-bond donors (Lipinski definition) is 2. The Bertz CT molecular complexity index is 1260. The van der Waals surface area contributed by atoms with E-state index >= 15 is 0 Å². The molecule has 0 spiro atoms. The maximum atomic E-state index is 13.7. The highest BCUT2D eigenvalue weighted by atomic mass is 79.9. The molecule has 5 nitrogen and oxygen atoms in total. The number of hydroxylamine groups is 1. The van der Waals surface area contributed by atoms with Crippen LogP contribution < -0.4 is 10.2 Å². The first-order valence-electron chi connectivity index (χ1n) is 11.7. The van der Waals surface area contributed by atoms with Gasteiger partial charge in [-0.05, 0) is 76.8 Å².